The maximum Gasteiger partial charge on any atom is 0.257 e. The van der Waals surface area contributed by atoms with E-state index in [0.717, 1.165) is 6.42 Å². The van der Waals surface area contributed by atoms with Crippen molar-refractivity contribution in [2.45, 2.75) is 13.3 Å². The molecule has 0 fully saturated rings. The smallest absolute Gasteiger partial charge is 0.257 e. The summed E-state index contributed by atoms with van der Waals surface area (Å²) in [6.45, 7) is 2.07. The number of nitrogens with one attached hydrogen (secondary N) is 1. The molecule has 0 aliphatic heterocycles. The second-order valence-electron chi connectivity index (χ2n) is 4.19. The Kier molecular flexibility index (Phi) is 6.89. The summed E-state index contributed by atoms with van der Waals surface area (Å²) in [5.74, 6) is -1.26. The van der Waals surface area contributed by atoms with Gasteiger partial charge in [0.05, 0.1) is 18.8 Å². The highest BCUT2D eigenvalue weighted by molar-refractivity contribution is 5.95. The zero-order chi connectivity index (χ0) is 15.0. The Bertz CT molecular complexity index is 437. The monoisotopic (exact) mass is 285 g/mol. The molecule has 0 saturated carbocycles. The molecule has 0 aliphatic rings. The number of amides is 1. The van der Waals surface area contributed by atoms with Crippen LogP contribution in [0, 0.1) is 5.82 Å². The van der Waals surface area contributed by atoms with Crippen molar-refractivity contribution < 1.29 is 19.4 Å². The topological polar surface area (TPSA) is 85.7 Å². The first-order chi connectivity index (χ1) is 9.65. The van der Waals surface area contributed by atoms with Crippen molar-refractivity contribution in [2.75, 3.05) is 38.2 Å². The summed E-state index contributed by atoms with van der Waals surface area (Å²) in [5.41, 5.74) is -0.125. The molecular weight excluding hydrogens is 265 g/mol. The Morgan fingerprint density at radius 3 is 2.60 bits per heavy atom. The minimum absolute atomic E-state index is 0.0330. The predicted molar refractivity (Wildman–Crippen MR) is 73.1 cm³/mol. The molecule has 1 aromatic heterocycles. The fourth-order valence-corrected chi connectivity index (χ4v) is 1.70. The van der Waals surface area contributed by atoms with E-state index in [1.165, 1.54) is 17.2 Å². The normalized spacial score (nSPS) is 10.4. The number of aromatic nitrogens is 1. The van der Waals surface area contributed by atoms with Gasteiger partial charge in [-0.3, -0.25) is 4.79 Å². The molecule has 112 valence electrons. The number of halogens is 1. The van der Waals surface area contributed by atoms with Crippen LogP contribution >= 0.6 is 0 Å². The molecular formula is C13H20FN3O3. The minimum atomic E-state index is -0.716. The summed E-state index contributed by atoms with van der Waals surface area (Å²) in [6, 6.07) is 1.29. The molecule has 0 spiro atoms. The summed E-state index contributed by atoms with van der Waals surface area (Å²) in [4.78, 5) is 17.2. The number of aliphatic hydroxyl groups is 2. The van der Waals surface area contributed by atoms with Gasteiger partial charge in [0.15, 0.2) is 11.6 Å². The van der Waals surface area contributed by atoms with Crippen molar-refractivity contribution in [1.82, 2.24) is 9.88 Å². The van der Waals surface area contributed by atoms with E-state index >= 15 is 0 Å². The molecule has 0 bridgehead atoms. The summed E-state index contributed by atoms with van der Waals surface area (Å²) in [7, 11) is 0. The van der Waals surface area contributed by atoms with E-state index in [9.17, 15) is 9.18 Å². The fourth-order valence-electron chi connectivity index (χ4n) is 1.70. The van der Waals surface area contributed by atoms with Crippen molar-refractivity contribution >= 4 is 11.7 Å². The Morgan fingerprint density at radius 2 is 2.05 bits per heavy atom. The van der Waals surface area contributed by atoms with Crippen molar-refractivity contribution in [3.05, 3.63) is 23.6 Å². The van der Waals surface area contributed by atoms with Gasteiger partial charge in [0.1, 0.15) is 0 Å². The van der Waals surface area contributed by atoms with Crippen LogP contribution in [0.15, 0.2) is 12.3 Å². The summed E-state index contributed by atoms with van der Waals surface area (Å²) < 4.78 is 14.2. The lowest BCUT2D eigenvalue weighted by molar-refractivity contribution is 0.0680. The highest BCUT2D eigenvalue weighted by Gasteiger charge is 2.21. The molecule has 1 rings (SSSR count). The Hall–Kier alpha value is -1.73. The van der Waals surface area contributed by atoms with Crippen LogP contribution in [0.3, 0.4) is 0 Å². The second kappa shape index (κ2) is 8.44. The number of rotatable bonds is 8. The fraction of sp³-hybridized carbons (Fsp3) is 0.538. The van der Waals surface area contributed by atoms with Gasteiger partial charge < -0.3 is 20.4 Å². The van der Waals surface area contributed by atoms with E-state index < -0.39 is 11.7 Å². The van der Waals surface area contributed by atoms with Crippen LogP contribution in [0.5, 0.6) is 0 Å². The van der Waals surface area contributed by atoms with Gasteiger partial charge in [0.25, 0.3) is 5.91 Å². The minimum Gasteiger partial charge on any atom is -0.395 e. The number of hydrogen-bond acceptors (Lipinski definition) is 5. The second-order valence-corrected chi connectivity index (χ2v) is 4.19. The Balaban J connectivity index is 2.96. The maximum atomic E-state index is 14.2. The molecule has 1 aromatic rings. The first-order valence-electron chi connectivity index (χ1n) is 6.55. The van der Waals surface area contributed by atoms with Crippen LogP contribution in [-0.2, 0) is 0 Å². The van der Waals surface area contributed by atoms with Crippen molar-refractivity contribution in [1.29, 1.82) is 0 Å². The van der Waals surface area contributed by atoms with E-state index in [-0.39, 0.29) is 37.7 Å². The van der Waals surface area contributed by atoms with Crippen LogP contribution < -0.4 is 5.32 Å². The largest absolute Gasteiger partial charge is 0.395 e. The number of pyridine rings is 1. The molecule has 0 unspecified atom stereocenters. The number of carbonyl (C=O) groups is 1. The third-order valence-electron chi connectivity index (χ3n) is 2.69. The molecule has 1 amide bonds. The zero-order valence-corrected chi connectivity index (χ0v) is 11.5. The quantitative estimate of drug-likeness (QED) is 0.646. The molecule has 0 aromatic carbocycles. The molecule has 0 saturated heterocycles. The molecule has 7 heteroatoms. The molecule has 0 aliphatic carbocycles. The van der Waals surface area contributed by atoms with Crippen molar-refractivity contribution in [3.63, 3.8) is 0 Å². The third-order valence-corrected chi connectivity index (χ3v) is 2.69. The van der Waals surface area contributed by atoms with Gasteiger partial charge in [-0.1, -0.05) is 6.92 Å². The van der Waals surface area contributed by atoms with Crippen LogP contribution in [0.4, 0.5) is 10.2 Å². The van der Waals surface area contributed by atoms with Crippen molar-refractivity contribution in [3.8, 4) is 0 Å². The summed E-state index contributed by atoms with van der Waals surface area (Å²) in [5, 5.41) is 20.6. The third kappa shape index (κ3) is 4.14. The summed E-state index contributed by atoms with van der Waals surface area (Å²) >= 11 is 0. The number of hydrogen-bond donors (Lipinski definition) is 3. The first kappa shape index (κ1) is 16.3. The van der Waals surface area contributed by atoms with Crippen LogP contribution in [0.25, 0.3) is 0 Å². The van der Waals surface area contributed by atoms with Crippen LogP contribution in [0.2, 0.25) is 0 Å². The lowest BCUT2D eigenvalue weighted by Gasteiger charge is -2.21. The highest BCUT2D eigenvalue weighted by atomic mass is 19.1. The van der Waals surface area contributed by atoms with Crippen LogP contribution in [0.1, 0.15) is 23.7 Å². The predicted octanol–water partition coefficient (Wildman–Crippen LogP) is 0.469. The molecule has 0 atom stereocenters. The van der Waals surface area contributed by atoms with Gasteiger partial charge in [-0.2, -0.15) is 0 Å². The van der Waals surface area contributed by atoms with E-state index in [2.05, 4.69) is 10.3 Å². The van der Waals surface area contributed by atoms with E-state index in [1.54, 1.807) is 0 Å². The zero-order valence-electron chi connectivity index (χ0n) is 11.5. The lowest BCUT2D eigenvalue weighted by atomic mass is 10.2. The average molecular weight is 285 g/mol. The number of nitrogens with zero attached hydrogens (tertiary/aromatic N) is 2. The number of carbonyl (C=O) groups excluding carboxylic acids is 1. The van der Waals surface area contributed by atoms with Gasteiger partial charge in [-0.25, -0.2) is 9.37 Å². The van der Waals surface area contributed by atoms with E-state index in [1.807, 2.05) is 6.92 Å². The van der Waals surface area contributed by atoms with Crippen molar-refractivity contribution in [2.24, 2.45) is 0 Å². The number of anilines is 1. The lowest BCUT2D eigenvalue weighted by Crippen LogP contribution is -2.36. The van der Waals surface area contributed by atoms with E-state index in [0.29, 0.717) is 6.54 Å². The molecule has 0 radical (unpaired) electrons. The van der Waals surface area contributed by atoms with Gasteiger partial charge in [0, 0.05) is 25.8 Å². The molecule has 6 nitrogen and oxygen atoms in total. The van der Waals surface area contributed by atoms with Gasteiger partial charge >= 0.3 is 0 Å². The summed E-state index contributed by atoms with van der Waals surface area (Å²) in [6.07, 6.45) is 2.16. The Labute approximate surface area is 117 Å². The van der Waals surface area contributed by atoms with E-state index in [4.69, 9.17) is 10.2 Å². The highest BCUT2D eigenvalue weighted by Crippen LogP contribution is 2.17. The van der Waals surface area contributed by atoms with Crippen LogP contribution in [-0.4, -0.2) is 58.9 Å². The Morgan fingerprint density at radius 1 is 1.40 bits per heavy atom. The number of aliphatic hydroxyl groups excluding tert-OH is 2. The van der Waals surface area contributed by atoms with Gasteiger partial charge in [-0.05, 0) is 12.5 Å². The standard InChI is InChI=1S/C13H20FN3O3/c1-2-4-15-12-11(14)10(3-5-16-12)13(20)17(6-8-18)7-9-19/h3,5,18-19H,2,4,6-9H2,1H3,(H,15,16). The average Bonchev–Trinajstić information content (AvgIpc) is 2.45. The van der Waals surface area contributed by atoms with Gasteiger partial charge in [-0.15, -0.1) is 0 Å². The molecule has 1 heterocycles. The van der Waals surface area contributed by atoms with Gasteiger partial charge in [0.2, 0.25) is 0 Å². The SMILES string of the molecule is CCCNc1nccc(C(=O)N(CCO)CCO)c1F. The molecule has 3 N–H and O–H groups in total. The molecule has 20 heavy (non-hydrogen) atoms. The maximum absolute atomic E-state index is 14.2. The first-order valence-corrected chi connectivity index (χ1v) is 6.55.